The van der Waals surface area contributed by atoms with E-state index in [9.17, 15) is 29.4 Å². The quantitative estimate of drug-likeness (QED) is 0.428. The summed E-state index contributed by atoms with van der Waals surface area (Å²) in [4.78, 5) is 35.2. The number of carbonyl (C=O) groups is 1. The summed E-state index contributed by atoms with van der Waals surface area (Å²) >= 11 is 0. The molecule has 0 atom stereocenters. The van der Waals surface area contributed by atoms with Crippen molar-refractivity contribution in [1.29, 1.82) is 0 Å². The van der Waals surface area contributed by atoms with E-state index in [1.54, 1.807) is 12.1 Å². The second-order valence-electron chi connectivity index (χ2n) is 7.81. The Balaban J connectivity index is 1.41. The van der Waals surface area contributed by atoms with E-state index in [2.05, 4.69) is 10.2 Å². The molecule has 3 aromatic rings. The summed E-state index contributed by atoms with van der Waals surface area (Å²) < 4.78 is 13.1. The van der Waals surface area contributed by atoms with Gasteiger partial charge in [0.25, 0.3) is 17.3 Å². The lowest BCUT2D eigenvalue weighted by molar-refractivity contribution is -0.394. The number of nitro benzene ring substituents is 2. The zero-order valence-corrected chi connectivity index (χ0v) is 17.4. The Morgan fingerprint density at radius 2 is 1.48 bits per heavy atom. The third-order valence-electron chi connectivity index (χ3n) is 5.42. The van der Waals surface area contributed by atoms with E-state index in [-0.39, 0.29) is 17.9 Å². The van der Waals surface area contributed by atoms with Crippen molar-refractivity contribution in [2.24, 2.45) is 0 Å². The predicted molar refractivity (Wildman–Crippen MR) is 117 cm³/mol. The van der Waals surface area contributed by atoms with Crippen LogP contribution in [-0.4, -0.2) is 20.7 Å². The van der Waals surface area contributed by atoms with Crippen LogP contribution in [-0.2, 0) is 26.2 Å². The van der Waals surface area contributed by atoms with Crippen molar-refractivity contribution in [3.05, 3.63) is 115 Å². The minimum atomic E-state index is -0.776. The maximum absolute atomic E-state index is 13.1. The van der Waals surface area contributed by atoms with Crippen molar-refractivity contribution in [3.8, 4) is 0 Å². The first-order valence-corrected chi connectivity index (χ1v) is 10.1. The van der Waals surface area contributed by atoms with Gasteiger partial charge in [-0.2, -0.15) is 0 Å². The number of nitrogens with one attached hydrogen (secondary N) is 1. The fourth-order valence-electron chi connectivity index (χ4n) is 3.81. The second kappa shape index (κ2) is 9.13. The van der Waals surface area contributed by atoms with Gasteiger partial charge >= 0.3 is 0 Å². The number of nitro groups is 2. The molecule has 0 aliphatic carbocycles. The molecule has 33 heavy (non-hydrogen) atoms. The molecule has 0 saturated carbocycles. The van der Waals surface area contributed by atoms with Crippen molar-refractivity contribution in [3.63, 3.8) is 0 Å². The summed E-state index contributed by atoms with van der Waals surface area (Å²) in [5.74, 6) is -0.907. The topological polar surface area (TPSA) is 119 Å². The number of benzene rings is 3. The minimum Gasteiger partial charge on any atom is -0.348 e. The van der Waals surface area contributed by atoms with E-state index < -0.39 is 27.1 Å². The fraction of sp³-hybridized carbons (Fsp3) is 0.174. The Labute approximate surface area is 187 Å². The maximum atomic E-state index is 13.1. The van der Waals surface area contributed by atoms with E-state index in [4.69, 9.17) is 0 Å². The third kappa shape index (κ3) is 5.18. The fourth-order valence-corrected chi connectivity index (χ4v) is 3.81. The van der Waals surface area contributed by atoms with Gasteiger partial charge in [-0.1, -0.05) is 30.3 Å². The van der Waals surface area contributed by atoms with Crippen molar-refractivity contribution < 1.29 is 19.0 Å². The summed E-state index contributed by atoms with van der Waals surface area (Å²) in [6, 6.07) is 15.1. The molecule has 10 heteroatoms. The molecular weight excluding hydrogens is 431 g/mol. The number of amides is 1. The smallest absolute Gasteiger partial charge is 0.277 e. The van der Waals surface area contributed by atoms with Gasteiger partial charge in [0.05, 0.1) is 21.5 Å². The Morgan fingerprint density at radius 3 is 2.12 bits per heavy atom. The zero-order valence-electron chi connectivity index (χ0n) is 17.4. The van der Waals surface area contributed by atoms with Crippen LogP contribution in [0.4, 0.5) is 15.8 Å². The molecule has 1 heterocycles. The molecule has 4 rings (SSSR count). The first-order valence-electron chi connectivity index (χ1n) is 10.1. The van der Waals surface area contributed by atoms with Gasteiger partial charge in [-0.05, 0) is 34.4 Å². The molecule has 1 aliphatic heterocycles. The monoisotopic (exact) mass is 450 g/mol. The molecule has 9 nitrogen and oxygen atoms in total. The van der Waals surface area contributed by atoms with Crippen LogP contribution in [0.3, 0.4) is 0 Å². The van der Waals surface area contributed by atoms with Crippen molar-refractivity contribution in [1.82, 2.24) is 10.2 Å². The number of hydrogen-bond acceptors (Lipinski definition) is 6. The summed E-state index contributed by atoms with van der Waals surface area (Å²) in [7, 11) is 0. The Bertz CT molecular complexity index is 1210. The lowest BCUT2D eigenvalue weighted by Gasteiger charge is -2.14. The second-order valence-corrected chi connectivity index (χ2v) is 7.81. The molecule has 3 aromatic carbocycles. The number of fused-ring (bicyclic) bond motifs is 1. The molecule has 0 fully saturated rings. The predicted octanol–water partition coefficient (Wildman–Crippen LogP) is 4.09. The molecule has 0 saturated heterocycles. The molecule has 1 aliphatic rings. The van der Waals surface area contributed by atoms with E-state index in [0.717, 1.165) is 41.4 Å². The van der Waals surface area contributed by atoms with Gasteiger partial charge in [-0.25, -0.2) is 4.39 Å². The summed E-state index contributed by atoms with van der Waals surface area (Å²) in [5.41, 5.74) is 2.95. The van der Waals surface area contributed by atoms with Crippen molar-refractivity contribution >= 4 is 17.3 Å². The van der Waals surface area contributed by atoms with Crippen LogP contribution in [0, 0.1) is 26.0 Å². The molecule has 1 N–H and O–H groups in total. The third-order valence-corrected chi connectivity index (χ3v) is 5.42. The van der Waals surface area contributed by atoms with E-state index in [1.807, 2.05) is 18.2 Å². The van der Waals surface area contributed by atoms with Crippen LogP contribution in [0.15, 0.2) is 60.7 Å². The van der Waals surface area contributed by atoms with Gasteiger partial charge < -0.3 is 5.32 Å². The van der Waals surface area contributed by atoms with Crippen LogP contribution >= 0.6 is 0 Å². The Kier molecular flexibility index (Phi) is 6.09. The van der Waals surface area contributed by atoms with E-state index in [1.165, 1.54) is 17.7 Å². The van der Waals surface area contributed by atoms with Crippen molar-refractivity contribution in [2.45, 2.75) is 26.2 Å². The molecule has 1 amide bonds. The normalized spacial score (nSPS) is 12.9. The number of non-ortho nitro benzene ring substituents is 2. The summed E-state index contributed by atoms with van der Waals surface area (Å²) in [5, 5.41) is 24.7. The van der Waals surface area contributed by atoms with Crippen LogP contribution in [0.5, 0.6) is 0 Å². The number of carbonyl (C=O) groups excluding carboxylic acids is 1. The van der Waals surface area contributed by atoms with Crippen LogP contribution in [0.1, 0.15) is 32.6 Å². The number of hydrogen-bond donors (Lipinski definition) is 1. The summed E-state index contributed by atoms with van der Waals surface area (Å²) in [6.45, 7) is 2.33. The lowest BCUT2D eigenvalue weighted by Crippen LogP contribution is -2.23. The van der Waals surface area contributed by atoms with Gasteiger partial charge in [0, 0.05) is 38.3 Å². The van der Waals surface area contributed by atoms with Crippen LogP contribution in [0.25, 0.3) is 0 Å². The molecule has 0 unspecified atom stereocenters. The van der Waals surface area contributed by atoms with Crippen LogP contribution < -0.4 is 5.32 Å². The van der Waals surface area contributed by atoms with Gasteiger partial charge in [-0.3, -0.25) is 29.9 Å². The number of rotatable bonds is 7. The largest absolute Gasteiger partial charge is 0.348 e. The average Bonchev–Trinajstić information content (AvgIpc) is 3.20. The summed E-state index contributed by atoms with van der Waals surface area (Å²) in [6.07, 6.45) is 0. The van der Waals surface area contributed by atoms with Gasteiger partial charge in [-0.15, -0.1) is 0 Å². The first-order chi connectivity index (χ1) is 15.8. The molecule has 0 spiro atoms. The highest BCUT2D eigenvalue weighted by Gasteiger charge is 2.21. The molecule has 168 valence electrons. The standard InChI is InChI=1S/C23H19FN4O5/c24-20-5-2-15(3-6-20)12-26-13-17-4-1-16(7-19(17)14-26)11-25-23(29)18-8-21(27(30)31)10-22(9-18)28(32)33/h1-10H,11-14H2,(H,25,29). The Hall–Kier alpha value is -4.18. The molecule has 0 radical (unpaired) electrons. The van der Waals surface area contributed by atoms with E-state index in [0.29, 0.717) is 13.1 Å². The zero-order chi connectivity index (χ0) is 23.5. The molecule has 0 bridgehead atoms. The molecule has 0 aromatic heterocycles. The van der Waals surface area contributed by atoms with Gasteiger partial charge in [0.2, 0.25) is 0 Å². The Morgan fingerprint density at radius 1 is 0.879 bits per heavy atom. The SMILES string of the molecule is O=C(NCc1ccc2c(c1)CN(Cc1ccc(F)cc1)C2)c1cc([N+](=O)[O-])cc([N+](=O)[O-])c1. The van der Waals surface area contributed by atoms with E-state index >= 15 is 0 Å². The first kappa shape index (κ1) is 22.0. The van der Waals surface area contributed by atoms with Gasteiger partial charge in [0.1, 0.15) is 5.82 Å². The highest BCUT2D eigenvalue weighted by Crippen LogP contribution is 2.26. The molecular formula is C23H19FN4O5. The van der Waals surface area contributed by atoms with Crippen molar-refractivity contribution in [2.75, 3.05) is 0 Å². The van der Waals surface area contributed by atoms with Crippen LogP contribution in [0.2, 0.25) is 0 Å². The number of halogens is 1. The lowest BCUT2D eigenvalue weighted by atomic mass is 10.1. The minimum absolute atomic E-state index is 0.150. The number of nitrogens with zero attached hydrogens (tertiary/aromatic N) is 3. The highest BCUT2D eigenvalue weighted by atomic mass is 19.1. The average molecular weight is 450 g/mol. The van der Waals surface area contributed by atoms with Gasteiger partial charge in [0.15, 0.2) is 0 Å². The highest BCUT2D eigenvalue weighted by molar-refractivity contribution is 5.95. The maximum Gasteiger partial charge on any atom is 0.277 e.